The van der Waals surface area contributed by atoms with Crippen molar-refractivity contribution in [2.75, 3.05) is 13.6 Å². The number of rotatable bonds is 9. The Kier molecular flexibility index (Phi) is 7.07. The zero-order chi connectivity index (χ0) is 22.4. The number of carbonyl (C=O) groups excluding carboxylic acids is 3. The fourth-order valence-electron chi connectivity index (χ4n) is 3.65. The van der Waals surface area contributed by atoms with Crippen LogP contribution in [0.2, 0.25) is 0 Å². The van der Waals surface area contributed by atoms with Gasteiger partial charge in [-0.25, -0.2) is 4.79 Å². The minimum absolute atomic E-state index is 0.0628. The van der Waals surface area contributed by atoms with E-state index >= 15 is 0 Å². The van der Waals surface area contributed by atoms with E-state index in [1.807, 2.05) is 54.4 Å². The summed E-state index contributed by atoms with van der Waals surface area (Å²) in [5.74, 6) is -0.858. The maximum absolute atomic E-state index is 12.8. The number of likely N-dealkylation sites (N-methyl/N-ethyl adjacent to an activating group) is 1. The smallest absolute Gasteiger partial charge is 0.322 e. The van der Waals surface area contributed by atoms with Gasteiger partial charge in [-0.05, 0) is 49.9 Å². The summed E-state index contributed by atoms with van der Waals surface area (Å²) in [7, 11) is 1.82. The van der Waals surface area contributed by atoms with Crippen LogP contribution in [-0.4, -0.2) is 46.9 Å². The first kappa shape index (κ1) is 22.5. The fraction of sp³-hybridized carbons (Fsp3) is 0.375. The van der Waals surface area contributed by atoms with Crippen LogP contribution < -0.4 is 10.7 Å². The van der Waals surface area contributed by atoms with Crippen molar-refractivity contribution < 1.29 is 14.4 Å². The van der Waals surface area contributed by atoms with Crippen molar-refractivity contribution in [2.45, 2.75) is 45.2 Å². The summed E-state index contributed by atoms with van der Waals surface area (Å²) < 4.78 is 0. The summed E-state index contributed by atoms with van der Waals surface area (Å²) in [6.07, 6.45) is 2.07. The Morgan fingerprint density at radius 2 is 1.68 bits per heavy atom. The van der Waals surface area contributed by atoms with E-state index in [9.17, 15) is 14.4 Å². The van der Waals surface area contributed by atoms with Crippen molar-refractivity contribution >= 4 is 17.8 Å². The molecule has 31 heavy (non-hydrogen) atoms. The van der Waals surface area contributed by atoms with Crippen LogP contribution >= 0.6 is 0 Å². The maximum Gasteiger partial charge on any atom is 0.344 e. The first-order chi connectivity index (χ1) is 14.8. The molecule has 1 atom stereocenters. The third kappa shape index (κ3) is 5.70. The first-order valence-corrected chi connectivity index (χ1v) is 10.6. The Morgan fingerprint density at radius 1 is 1.03 bits per heavy atom. The van der Waals surface area contributed by atoms with Crippen LogP contribution in [0.3, 0.4) is 0 Å². The number of imide groups is 1. The average molecular weight is 423 g/mol. The van der Waals surface area contributed by atoms with Crippen LogP contribution in [0.1, 0.15) is 37.0 Å². The van der Waals surface area contributed by atoms with Gasteiger partial charge in [-0.3, -0.25) is 19.9 Å². The van der Waals surface area contributed by atoms with Gasteiger partial charge in [-0.2, -0.15) is 5.01 Å². The third-order valence-corrected chi connectivity index (χ3v) is 5.55. The van der Waals surface area contributed by atoms with Gasteiger partial charge in [-0.1, -0.05) is 61.5 Å². The molecule has 7 heteroatoms. The van der Waals surface area contributed by atoms with Crippen molar-refractivity contribution in [3.63, 3.8) is 0 Å². The Morgan fingerprint density at radius 3 is 2.32 bits per heavy atom. The predicted molar refractivity (Wildman–Crippen MR) is 119 cm³/mol. The van der Waals surface area contributed by atoms with E-state index in [0.29, 0.717) is 19.4 Å². The second kappa shape index (κ2) is 9.75. The van der Waals surface area contributed by atoms with Crippen molar-refractivity contribution in [2.24, 2.45) is 0 Å². The molecule has 0 saturated carbocycles. The predicted octanol–water partition coefficient (Wildman–Crippen LogP) is 2.66. The minimum atomic E-state index is -1.05. The molecule has 0 aliphatic carbocycles. The Balaban J connectivity index is 1.52. The molecule has 2 aromatic rings. The molecule has 1 heterocycles. The van der Waals surface area contributed by atoms with Crippen LogP contribution in [0, 0.1) is 0 Å². The number of aryl methyl sites for hydroxylation is 2. The van der Waals surface area contributed by atoms with Crippen molar-refractivity contribution in [3.05, 3.63) is 71.3 Å². The van der Waals surface area contributed by atoms with Crippen LogP contribution in [0.4, 0.5) is 4.79 Å². The largest absolute Gasteiger partial charge is 0.344 e. The SMILES string of the molecule is CCc1ccc(CN(C)CC(=O)NN2C(=O)N[C@](C)(CCc3ccccc3)C2=O)cc1. The summed E-state index contributed by atoms with van der Waals surface area (Å²) in [6.45, 7) is 4.45. The highest BCUT2D eigenvalue weighted by molar-refractivity contribution is 6.07. The Bertz CT molecular complexity index is 930. The van der Waals surface area contributed by atoms with E-state index in [4.69, 9.17) is 0 Å². The van der Waals surface area contributed by atoms with Crippen LogP contribution in [-0.2, 0) is 29.0 Å². The normalized spacial score (nSPS) is 18.4. The molecule has 164 valence electrons. The lowest BCUT2D eigenvalue weighted by atomic mass is 9.93. The zero-order valence-electron chi connectivity index (χ0n) is 18.4. The molecule has 0 radical (unpaired) electrons. The van der Waals surface area contributed by atoms with E-state index in [2.05, 4.69) is 29.8 Å². The molecule has 1 aliphatic rings. The minimum Gasteiger partial charge on any atom is -0.322 e. The number of hydrogen-bond acceptors (Lipinski definition) is 4. The highest BCUT2D eigenvalue weighted by Gasteiger charge is 2.48. The Hall–Kier alpha value is -3.19. The number of urea groups is 1. The summed E-state index contributed by atoms with van der Waals surface area (Å²) in [5, 5.41) is 3.52. The lowest BCUT2D eigenvalue weighted by molar-refractivity contribution is -0.139. The van der Waals surface area contributed by atoms with Crippen molar-refractivity contribution in [1.29, 1.82) is 0 Å². The summed E-state index contributed by atoms with van der Waals surface area (Å²) >= 11 is 0. The van der Waals surface area contributed by atoms with Gasteiger partial charge in [0.15, 0.2) is 0 Å². The summed E-state index contributed by atoms with van der Waals surface area (Å²) in [4.78, 5) is 39.5. The van der Waals surface area contributed by atoms with E-state index < -0.39 is 23.4 Å². The van der Waals surface area contributed by atoms with E-state index in [1.54, 1.807) is 6.92 Å². The molecule has 1 aliphatic heterocycles. The highest BCUT2D eigenvalue weighted by atomic mass is 16.2. The Labute approximate surface area is 183 Å². The zero-order valence-corrected chi connectivity index (χ0v) is 18.4. The second-order valence-corrected chi connectivity index (χ2v) is 8.27. The summed E-state index contributed by atoms with van der Waals surface area (Å²) in [5.41, 5.74) is 4.85. The molecular formula is C24H30N4O3. The number of amides is 4. The van der Waals surface area contributed by atoms with Gasteiger partial charge in [-0.15, -0.1) is 0 Å². The first-order valence-electron chi connectivity index (χ1n) is 10.6. The van der Waals surface area contributed by atoms with E-state index in [1.165, 1.54) is 5.56 Å². The molecule has 0 spiro atoms. The van der Waals surface area contributed by atoms with Gasteiger partial charge in [0.05, 0.1) is 6.54 Å². The molecule has 3 rings (SSSR count). The molecule has 0 aromatic heterocycles. The molecular weight excluding hydrogens is 392 g/mol. The van der Waals surface area contributed by atoms with Gasteiger partial charge in [0, 0.05) is 6.54 Å². The monoisotopic (exact) mass is 422 g/mol. The average Bonchev–Trinajstić information content (AvgIpc) is 2.97. The number of nitrogens with one attached hydrogen (secondary N) is 2. The maximum atomic E-state index is 12.8. The molecule has 7 nitrogen and oxygen atoms in total. The molecule has 1 saturated heterocycles. The van der Waals surface area contributed by atoms with Crippen LogP contribution in [0.25, 0.3) is 0 Å². The van der Waals surface area contributed by atoms with Crippen LogP contribution in [0.5, 0.6) is 0 Å². The molecule has 2 aromatic carbocycles. The topological polar surface area (TPSA) is 81.8 Å². The van der Waals surface area contributed by atoms with Gasteiger partial charge >= 0.3 is 6.03 Å². The standard InChI is InChI=1S/C24H30N4O3/c1-4-18-10-12-20(13-11-18)16-27(3)17-21(29)26-28-22(30)24(2,25-23(28)31)15-14-19-8-6-5-7-9-19/h5-13H,4,14-17H2,1-3H3,(H,25,31)(H,26,29)/t24-/m1/s1. The van der Waals surface area contributed by atoms with Gasteiger partial charge < -0.3 is 5.32 Å². The highest BCUT2D eigenvalue weighted by Crippen LogP contribution is 2.22. The molecule has 0 bridgehead atoms. The second-order valence-electron chi connectivity index (χ2n) is 8.27. The molecule has 2 N–H and O–H groups in total. The van der Waals surface area contributed by atoms with Gasteiger partial charge in [0.2, 0.25) is 0 Å². The van der Waals surface area contributed by atoms with Gasteiger partial charge in [0.25, 0.3) is 11.8 Å². The third-order valence-electron chi connectivity index (χ3n) is 5.55. The quantitative estimate of drug-likeness (QED) is 0.609. The molecule has 0 unspecified atom stereocenters. The lowest BCUT2D eigenvalue weighted by Crippen LogP contribution is -2.51. The van der Waals surface area contributed by atoms with Crippen molar-refractivity contribution in [3.8, 4) is 0 Å². The lowest BCUT2D eigenvalue weighted by Gasteiger charge is -2.22. The summed E-state index contributed by atoms with van der Waals surface area (Å²) in [6, 6.07) is 17.4. The van der Waals surface area contributed by atoms with E-state index in [0.717, 1.165) is 22.6 Å². The number of nitrogens with zero attached hydrogens (tertiary/aromatic N) is 2. The fourth-order valence-corrected chi connectivity index (χ4v) is 3.65. The van der Waals surface area contributed by atoms with Crippen LogP contribution in [0.15, 0.2) is 54.6 Å². The number of carbonyl (C=O) groups is 3. The van der Waals surface area contributed by atoms with Gasteiger partial charge in [0.1, 0.15) is 5.54 Å². The molecule has 1 fully saturated rings. The van der Waals surface area contributed by atoms with E-state index in [-0.39, 0.29) is 6.54 Å². The van der Waals surface area contributed by atoms with Crippen molar-refractivity contribution in [1.82, 2.24) is 20.7 Å². The molecule has 4 amide bonds. The number of benzene rings is 2. The number of hydrogen-bond donors (Lipinski definition) is 2. The number of hydrazine groups is 1.